The molecule has 0 aliphatic heterocycles. The zero-order chi connectivity index (χ0) is 11.8. The van der Waals surface area contributed by atoms with Crippen molar-refractivity contribution in [3.63, 3.8) is 0 Å². The number of nitrogens with one attached hydrogen (secondary N) is 1. The molecule has 0 spiro atoms. The summed E-state index contributed by atoms with van der Waals surface area (Å²) in [7, 11) is 0. The highest BCUT2D eigenvalue weighted by atomic mass is 16.7. The fourth-order valence-corrected chi connectivity index (χ4v) is 2.03. The topological polar surface area (TPSA) is 30.5 Å². The Morgan fingerprint density at radius 3 is 2.65 bits per heavy atom. The largest absolute Gasteiger partial charge is 0.494 e. The molecule has 0 bridgehead atoms. The number of rotatable bonds is 7. The second kappa shape index (κ2) is 7.30. The normalized spacial score (nSPS) is 16.2. The molecule has 2 rings (SSSR count). The van der Waals surface area contributed by atoms with Crippen LogP contribution in [0.2, 0.25) is 0 Å². The Bertz CT molecular complexity index is 296. The minimum atomic E-state index is 0.435. The van der Waals surface area contributed by atoms with Crippen LogP contribution in [0.5, 0.6) is 5.75 Å². The van der Waals surface area contributed by atoms with Crippen LogP contribution in [-0.4, -0.2) is 19.3 Å². The van der Waals surface area contributed by atoms with E-state index < -0.39 is 0 Å². The van der Waals surface area contributed by atoms with E-state index in [1.54, 1.807) is 0 Å². The number of hydrogen-bond acceptors (Lipinski definition) is 3. The summed E-state index contributed by atoms with van der Waals surface area (Å²) in [6.45, 7) is 1.58. The monoisotopic (exact) mass is 235 g/mol. The van der Waals surface area contributed by atoms with Gasteiger partial charge in [-0.25, -0.2) is 5.48 Å². The number of hydrogen-bond donors (Lipinski definition) is 1. The lowest BCUT2D eigenvalue weighted by molar-refractivity contribution is -0.0219. The Labute approximate surface area is 103 Å². The van der Waals surface area contributed by atoms with Crippen LogP contribution in [0, 0.1) is 0 Å². The van der Waals surface area contributed by atoms with Crippen molar-refractivity contribution in [3.05, 3.63) is 30.3 Å². The van der Waals surface area contributed by atoms with E-state index in [2.05, 4.69) is 5.48 Å². The molecule has 1 aromatic rings. The lowest BCUT2D eigenvalue weighted by atomic mass is 10.3. The Morgan fingerprint density at radius 1 is 1.12 bits per heavy atom. The van der Waals surface area contributed by atoms with Crippen LogP contribution in [0.4, 0.5) is 0 Å². The molecule has 1 aromatic carbocycles. The number of hydroxylamine groups is 1. The van der Waals surface area contributed by atoms with E-state index in [0.29, 0.717) is 6.10 Å². The lowest BCUT2D eigenvalue weighted by Crippen LogP contribution is -2.23. The van der Waals surface area contributed by atoms with E-state index >= 15 is 0 Å². The maximum atomic E-state index is 5.58. The molecule has 1 aliphatic rings. The van der Waals surface area contributed by atoms with Crippen LogP contribution in [0.3, 0.4) is 0 Å². The van der Waals surface area contributed by atoms with Crippen molar-refractivity contribution >= 4 is 0 Å². The predicted molar refractivity (Wildman–Crippen MR) is 67.9 cm³/mol. The molecule has 0 atom stereocenters. The van der Waals surface area contributed by atoms with Crippen molar-refractivity contribution in [2.24, 2.45) is 0 Å². The SMILES string of the molecule is c1ccc(OCCCNOC2CCCC2)cc1. The molecule has 3 heteroatoms. The van der Waals surface area contributed by atoms with Gasteiger partial charge in [0.05, 0.1) is 12.7 Å². The first-order chi connectivity index (χ1) is 8.45. The molecule has 17 heavy (non-hydrogen) atoms. The summed E-state index contributed by atoms with van der Waals surface area (Å²) < 4.78 is 5.58. The van der Waals surface area contributed by atoms with Gasteiger partial charge in [-0.15, -0.1) is 0 Å². The summed E-state index contributed by atoms with van der Waals surface area (Å²) in [6.07, 6.45) is 6.42. The number of benzene rings is 1. The van der Waals surface area contributed by atoms with Crippen LogP contribution in [0.15, 0.2) is 30.3 Å². The van der Waals surface area contributed by atoms with Gasteiger partial charge in [-0.3, -0.25) is 4.84 Å². The van der Waals surface area contributed by atoms with Gasteiger partial charge in [0.25, 0.3) is 0 Å². The zero-order valence-corrected chi connectivity index (χ0v) is 10.2. The third-order valence-electron chi connectivity index (χ3n) is 2.99. The maximum Gasteiger partial charge on any atom is 0.119 e. The molecule has 0 radical (unpaired) electrons. The molecule has 1 saturated carbocycles. The van der Waals surface area contributed by atoms with Crippen molar-refractivity contribution in [1.29, 1.82) is 0 Å². The molecular formula is C14H21NO2. The van der Waals surface area contributed by atoms with Crippen molar-refractivity contribution < 1.29 is 9.57 Å². The van der Waals surface area contributed by atoms with E-state index in [1.807, 2.05) is 30.3 Å². The van der Waals surface area contributed by atoms with Gasteiger partial charge in [0, 0.05) is 6.54 Å². The molecule has 0 heterocycles. The highest BCUT2D eigenvalue weighted by Crippen LogP contribution is 2.19. The van der Waals surface area contributed by atoms with Crippen molar-refractivity contribution in [2.75, 3.05) is 13.2 Å². The average Bonchev–Trinajstić information content (AvgIpc) is 2.88. The first kappa shape index (κ1) is 12.4. The summed E-state index contributed by atoms with van der Waals surface area (Å²) in [5.74, 6) is 0.934. The molecule has 3 nitrogen and oxygen atoms in total. The van der Waals surface area contributed by atoms with Crippen LogP contribution < -0.4 is 10.2 Å². The second-order valence-corrected chi connectivity index (χ2v) is 4.43. The van der Waals surface area contributed by atoms with Crippen LogP contribution in [0.25, 0.3) is 0 Å². The Balaban J connectivity index is 1.46. The maximum absolute atomic E-state index is 5.58. The molecule has 1 N–H and O–H groups in total. The van der Waals surface area contributed by atoms with Crippen molar-refractivity contribution in [3.8, 4) is 5.75 Å². The predicted octanol–water partition coefficient (Wildman–Crippen LogP) is 2.92. The molecule has 0 amide bonds. The summed E-state index contributed by atoms with van der Waals surface area (Å²) in [6, 6.07) is 9.91. The van der Waals surface area contributed by atoms with Crippen molar-refractivity contribution in [1.82, 2.24) is 5.48 Å². The molecule has 0 aromatic heterocycles. The van der Waals surface area contributed by atoms with Gasteiger partial charge in [-0.2, -0.15) is 0 Å². The van der Waals surface area contributed by atoms with E-state index in [0.717, 1.165) is 25.3 Å². The van der Waals surface area contributed by atoms with Crippen LogP contribution >= 0.6 is 0 Å². The van der Waals surface area contributed by atoms with E-state index in [4.69, 9.17) is 9.57 Å². The average molecular weight is 235 g/mol. The highest BCUT2D eigenvalue weighted by Gasteiger charge is 2.14. The summed E-state index contributed by atoms with van der Waals surface area (Å²) in [4.78, 5) is 5.55. The fraction of sp³-hybridized carbons (Fsp3) is 0.571. The van der Waals surface area contributed by atoms with Gasteiger partial charge < -0.3 is 4.74 Å². The third-order valence-corrected chi connectivity index (χ3v) is 2.99. The first-order valence-electron chi connectivity index (χ1n) is 6.51. The Hall–Kier alpha value is -1.06. The van der Waals surface area contributed by atoms with E-state index in [-0.39, 0.29) is 0 Å². The highest BCUT2D eigenvalue weighted by molar-refractivity contribution is 5.20. The molecular weight excluding hydrogens is 214 g/mol. The van der Waals surface area contributed by atoms with Crippen LogP contribution in [-0.2, 0) is 4.84 Å². The minimum Gasteiger partial charge on any atom is -0.494 e. The standard InChI is InChI=1S/C14H21NO2/c1-2-7-13(8-3-1)16-12-6-11-15-17-14-9-4-5-10-14/h1-3,7-8,14-15H,4-6,9-12H2. The van der Waals surface area contributed by atoms with Gasteiger partial charge in [0.1, 0.15) is 5.75 Å². The summed E-state index contributed by atoms with van der Waals surface area (Å²) in [5, 5.41) is 0. The minimum absolute atomic E-state index is 0.435. The molecule has 1 fully saturated rings. The number of para-hydroxylation sites is 1. The molecule has 1 aliphatic carbocycles. The van der Waals surface area contributed by atoms with Crippen molar-refractivity contribution in [2.45, 2.75) is 38.2 Å². The number of ether oxygens (including phenoxy) is 1. The second-order valence-electron chi connectivity index (χ2n) is 4.43. The van der Waals surface area contributed by atoms with Gasteiger partial charge >= 0.3 is 0 Å². The third kappa shape index (κ3) is 4.75. The van der Waals surface area contributed by atoms with E-state index in [9.17, 15) is 0 Å². The Kier molecular flexibility index (Phi) is 5.33. The van der Waals surface area contributed by atoms with Gasteiger partial charge in [-0.1, -0.05) is 31.0 Å². The first-order valence-corrected chi connectivity index (χ1v) is 6.51. The zero-order valence-electron chi connectivity index (χ0n) is 10.2. The van der Waals surface area contributed by atoms with E-state index in [1.165, 1.54) is 25.7 Å². The van der Waals surface area contributed by atoms with Crippen LogP contribution in [0.1, 0.15) is 32.1 Å². The quantitative estimate of drug-likeness (QED) is 0.582. The summed E-state index contributed by atoms with van der Waals surface area (Å²) >= 11 is 0. The van der Waals surface area contributed by atoms with Gasteiger partial charge in [0.2, 0.25) is 0 Å². The molecule has 94 valence electrons. The summed E-state index contributed by atoms with van der Waals surface area (Å²) in [5.41, 5.74) is 3.03. The smallest absolute Gasteiger partial charge is 0.119 e. The fourth-order valence-electron chi connectivity index (χ4n) is 2.03. The Morgan fingerprint density at radius 2 is 1.88 bits per heavy atom. The van der Waals surface area contributed by atoms with Gasteiger partial charge in [0.15, 0.2) is 0 Å². The molecule has 0 saturated heterocycles. The lowest BCUT2D eigenvalue weighted by Gasteiger charge is -2.11. The molecule has 0 unspecified atom stereocenters. The van der Waals surface area contributed by atoms with Gasteiger partial charge in [-0.05, 0) is 31.4 Å².